The van der Waals surface area contributed by atoms with Gasteiger partial charge in [-0.2, -0.15) is 0 Å². The van der Waals surface area contributed by atoms with Crippen LogP contribution in [0.15, 0.2) is 60.3 Å². The third kappa shape index (κ3) is 7.69. The minimum atomic E-state index is -0.977. The lowest BCUT2D eigenvalue weighted by molar-refractivity contribution is -0.131. The summed E-state index contributed by atoms with van der Waals surface area (Å²) >= 11 is 0. The van der Waals surface area contributed by atoms with E-state index >= 15 is 0 Å². The highest BCUT2D eigenvalue weighted by atomic mass is 16.6. The summed E-state index contributed by atoms with van der Waals surface area (Å²) in [5.41, 5.74) is 1.48. The van der Waals surface area contributed by atoms with Crippen molar-refractivity contribution in [3.63, 3.8) is 0 Å². The largest absolute Gasteiger partial charge is 0.478 e. The van der Waals surface area contributed by atoms with Gasteiger partial charge in [-0.25, -0.2) is 4.79 Å². The molecule has 1 aliphatic carbocycles. The fourth-order valence-electron chi connectivity index (χ4n) is 4.29. The molecule has 6 heteroatoms. The highest BCUT2D eigenvalue weighted by Gasteiger charge is 2.68. The Labute approximate surface area is 191 Å². The van der Waals surface area contributed by atoms with Crippen molar-refractivity contribution in [3.8, 4) is 0 Å². The number of hydrogen-bond acceptors (Lipinski definition) is 5. The number of carbonyl (C=O) groups is 2. The first kappa shape index (κ1) is 26.0. The van der Waals surface area contributed by atoms with Gasteiger partial charge in [0, 0.05) is 19.1 Å². The predicted octanol–water partition coefficient (Wildman–Crippen LogP) is 4.58. The second kappa shape index (κ2) is 12.1. The maximum atomic E-state index is 9.98. The zero-order valence-electron chi connectivity index (χ0n) is 19.5. The number of rotatable bonds is 9. The van der Waals surface area contributed by atoms with Gasteiger partial charge in [-0.05, 0) is 52.5 Å². The van der Waals surface area contributed by atoms with E-state index in [9.17, 15) is 9.59 Å². The smallest absolute Gasteiger partial charge is 0.328 e. The molecule has 176 valence electrons. The molecule has 2 saturated heterocycles. The van der Waals surface area contributed by atoms with Crippen molar-refractivity contribution in [2.75, 3.05) is 13.7 Å². The van der Waals surface area contributed by atoms with Crippen LogP contribution in [0.4, 0.5) is 0 Å². The number of aldehydes is 1. The number of carbonyl (C=O) groups excluding carboxylic acids is 1. The van der Waals surface area contributed by atoms with Crippen molar-refractivity contribution in [1.29, 1.82) is 0 Å². The van der Waals surface area contributed by atoms with E-state index in [4.69, 9.17) is 19.3 Å². The van der Waals surface area contributed by atoms with Crippen LogP contribution in [-0.4, -0.2) is 54.5 Å². The van der Waals surface area contributed by atoms with Crippen molar-refractivity contribution in [2.24, 2.45) is 5.92 Å². The van der Waals surface area contributed by atoms with E-state index < -0.39 is 5.97 Å². The topological polar surface area (TPSA) is 88.7 Å². The average molecular weight is 445 g/mol. The normalized spacial score (nSPS) is 33.6. The van der Waals surface area contributed by atoms with E-state index in [1.54, 1.807) is 30.4 Å². The molecular weight excluding hydrogens is 408 g/mol. The minimum absolute atomic E-state index is 0.000347. The van der Waals surface area contributed by atoms with Gasteiger partial charge in [0.05, 0.1) is 30.0 Å². The number of aliphatic carboxylic acids is 1. The summed E-state index contributed by atoms with van der Waals surface area (Å²) in [6, 6.07) is 0. The molecule has 3 aliphatic rings. The Bertz CT molecular complexity index is 782. The van der Waals surface area contributed by atoms with Crippen LogP contribution in [-0.2, 0) is 23.8 Å². The van der Waals surface area contributed by atoms with Crippen LogP contribution in [0.25, 0.3) is 0 Å². The predicted molar refractivity (Wildman–Crippen MR) is 124 cm³/mol. The second-order valence-electron chi connectivity index (χ2n) is 8.83. The molecule has 0 aromatic rings. The van der Waals surface area contributed by atoms with Crippen molar-refractivity contribution < 1.29 is 28.9 Å². The molecule has 3 fully saturated rings. The second-order valence-corrected chi connectivity index (χ2v) is 8.83. The Kier molecular flexibility index (Phi) is 9.82. The summed E-state index contributed by atoms with van der Waals surface area (Å²) < 4.78 is 17.5. The van der Waals surface area contributed by atoms with Gasteiger partial charge in [0.15, 0.2) is 0 Å². The van der Waals surface area contributed by atoms with E-state index in [0.29, 0.717) is 24.4 Å². The van der Waals surface area contributed by atoms with Gasteiger partial charge in [-0.1, -0.05) is 48.1 Å². The number of carboxylic acid groups (broad SMARTS) is 1. The Balaban J connectivity index is 0.000000247. The molecule has 0 radical (unpaired) electrons. The molecule has 0 aromatic heterocycles. The molecule has 6 nitrogen and oxygen atoms in total. The van der Waals surface area contributed by atoms with E-state index in [2.05, 4.69) is 26.8 Å². The molecule has 0 aromatic carbocycles. The SMILES string of the molecule is CO[C@@H]1CC[C@]2(CO2)C([C@]2(C)OC2CC=C(C)C)C1.O=C/C=C/C=C/C=C/C=C/C(=O)O. The quantitative estimate of drug-likeness (QED) is 0.184. The third-order valence-corrected chi connectivity index (χ3v) is 6.27. The molecule has 2 unspecified atom stereocenters. The Morgan fingerprint density at radius 1 is 1.12 bits per heavy atom. The van der Waals surface area contributed by atoms with Gasteiger partial charge in [-0.3, -0.25) is 4.79 Å². The maximum absolute atomic E-state index is 9.98. The minimum Gasteiger partial charge on any atom is -0.478 e. The Hall–Kier alpha value is -2.28. The van der Waals surface area contributed by atoms with Crippen LogP contribution in [0.3, 0.4) is 0 Å². The van der Waals surface area contributed by atoms with Crippen molar-refractivity contribution in [1.82, 2.24) is 0 Å². The summed E-state index contributed by atoms with van der Waals surface area (Å²) in [5, 5.41) is 8.20. The number of carboxylic acids is 1. The van der Waals surface area contributed by atoms with E-state index in [-0.39, 0.29) is 11.2 Å². The summed E-state index contributed by atoms with van der Waals surface area (Å²) in [6.45, 7) is 7.48. The zero-order chi connectivity index (χ0) is 23.6. The fourth-order valence-corrected chi connectivity index (χ4v) is 4.29. The van der Waals surface area contributed by atoms with Gasteiger partial charge in [0.25, 0.3) is 0 Å². The lowest BCUT2D eigenvalue weighted by Crippen LogP contribution is -2.44. The lowest BCUT2D eigenvalue weighted by atomic mass is 9.70. The van der Waals surface area contributed by atoms with Gasteiger partial charge in [0.1, 0.15) is 6.29 Å². The molecule has 1 spiro atoms. The van der Waals surface area contributed by atoms with E-state index in [1.807, 2.05) is 7.11 Å². The van der Waals surface area contributed by atoms with Crippen molar-refractivity contribution in [2.45, 2.75) is 69.9 Å². The molecule has 5 atom stereocenters. The molecule has 2 aliphatic heterocycles. The van der Waals surface area contributed by atoms with E-state index in [1.165, 1.54) is 17.7 Å². The Morgan fingerprint density at radius 2 is 1.75 bits per heavy atom. The number of ether oxygens (including phenoxy) is 3. The summed E-state index contributed by atoms with van der Waals surface area (Å²) in [7, 11) is 1.82. The van der Waals surface area contributed by atoms with Crippen LogP contribution < -0.4 is 0 Å². The maximum Gasteiger partial charge on any atom is 0.328 e. The van der Waals surface area contributed by atoms with Crippen LogP contribution >= 0.6 is 0 Å². The van der Waals surface area contributed by atoms with Crippen molar-refractivity contribution >= 4 is 12.3 Å². The van der Waals surface area contributed by atoms with Crippen LogP contribution in [0.1, 0.15) is 46.5 Å². The van der Waals surface area contributed by atoms with Crippen LogP contribution in [0.2, 0.25) is 0 Å². The first-order chi connectivity index (χ1) is 15.3. The molecule has 1 saturated carbocycles. The average Bonchev–Trinajstić information content (AvgIpc) is 3.67. The molecule has 0 bridgehead atoms. The number of hydrogen-bond donors (Lipinski definition) is 1. The van der Waals surface area contributed by atoms with Crippen molar-refractivity contribution in [3.05, 3.63) is 60.3 Å². The van der Waals surface area contributed by atoms with Gasteiger partial charge >= 0.3 is 5.97 Å². The van der Waals surface area contributed by atoms with Gasteiger partial charge in [-0.15, -0.1) is 0 Å². The van der Waals surface area contributed by atoms with E-state index in [0.717, 1.165) is 38.4 Å². The summed E-state index contributed by atoms with van der Waals surface area (Å²) in [5.74, 6) is -0.483. The highest BCUT2D eigenvalue weighted by Crippen LogP contribution is 2.58. The number of methoxy groups -OCH3 is 1. The number of allylic oxidation sites excluding steroid dienone is 8. The third-order valence-electron chi connectivity index (χ3n) is 6.27. The summed E-state index contributed by atoms with van der Waals surface area (Å²) in [6.07, 6.45) is 20.1. The lowest BCUT2D eigenvalue weighted by Gasteiger charge is -2.36. The Morgan fingerprint density at radius 3 is 2.28 bits per heavy atom. The van der Waals surface area contributed by atoms with Crippen LogP contribution in [0.5, 0.6) is 0 Å². The summed E-state index contributed by atoms with van der Waals surface area (Å²) in [4.78, 5) is 19.8. The monoisotopic (exact) mass is 444 g/mol. The molecular formula is C26H36O6. The zero-order valence-corrected chi connectivity index (χ0v) is 19.5. The number of epoxide rings is 2. The van der Waals surface area contributed by atoms with Gasteiger partial charge in [0.2, 0.25) is 0 Å². The fraction of sp³-hybridized carbons (Fsp3) is 0.538. The molecule has 2 heterocycles. The standard InChI is InChI=1S/C16H26O3.C10H10O3/c1-11(2)5-6-14-15(3,19-14)13-9-12(17-4)7-8-16(13)10-18-16;11-9-7-5-3-1-2-4-6-8-10(12)13/h5,12-14H,6-10H2,1-4H3;1-9H,(H,12,13)/b;3-1+,4-2+,7-5+,8-6+/t12-,13?,14?,15+,16+;/m1./s1. The van der Waals surface area contributed by atoms with Crippen LogP contribution in [0, 0.1) is 5.92 Å². The first-order valence-corrected chi connectivity index (χ1v) is 11.1. The molecule has 1 N–H and O–H groups in total. The first-order valence-electron chi connectivity index (χ1n) is 11.1. The highest BCUT2D eigenvalue weighted by molar-refractivity contribution is 5.80. The molecule has 32 heavy (non-hydrogen) atoms. The molecule has 3 rings (SSSR count). The van der Waals surface area contributed by atoms with Gasteiger partial charge < -0.3 is 19.3 Å². The molecule has 0 amide bonds.